The Balaban J connectivity index is 1.06. The number of carbonyl (C=O) groups excluding carboxylic acids is 3. The third-order valence-electron chi connectivity index (χ3n) is 8.86. The van der Waals surface area contributed by atoms with Gasteiger partial charge in [-0.3, -0.25) is 14.3 Å². The number of hydrogen-bond acceptors (Lipinski definition) is 6. The van der Waals surface area contributed by atoms with Gasteiger partial charge in [-0.1, -0.05) is 11.6 Å². The summed E-state index contributed by atoms with van der Waals surface area (Å²) in [6.07, 6.45) is -4.31. The maximum absolute atomic E-state index is 13.6. The summed E-state index contributed by atoms with van der Waals surface area (Å²) in [7, 11) is 1.29. The third kappa shape index (κ3) is 6.63. The zero-order chi connectivity index (χ0) is 33.8. The molecule has 3 heterocycles. The first kappa shape index (κ1) is 32.7. The van der Waals surface area contributed by atoms with Gasteiger partial charge in [-0.15, -0.1) is 0 Å². The summed E-state index contributed by atoms with van der Waals surface area (Å²) in [5.74, 6) is -1.32. The molecule has 252 valence electrons. The molecule has 3 aromatic rings. The van der Waals surface area contributed by atoms with Crippen molar-refractivity contribution in [1.82, 2.24) is 34.9 Å². The quantitative estimate of drug-likeness (QED) is 0.266. The zero-order valence-electron chi connectivity index (χ0n) is 24.8. The molecule has 4 N–H and O–H groups in total. The van der Waals surface area contributed by atoms with Crippen molar-refractivity contribution in [3.8, 4) is 11.3 Å². The van der Waals surface area contributed by atoms with Crippen molar-refractivity contribution in [1.29, 1.82) is 0 Å². The number of fused-ring (bicyclic) bond motifs is 1. The number of halogens is 6. The Labute approximate surface area is 269 Å². The Bertz CT molecular complexity index is 1700. The number of rotatable bonds is 8. The highest BCUT2D eigenvalue weighted by atomic mass is 35.5. The molecule has 0 spiro atoms. The van der Waals surface area contributed by atoms with E-state index in [1.54, 1.807) is 4.90 Å². The van der Waals surface area contributed by atoms with E-state index >= 15 is 0 Å². The molecule has 12 nitrogen and oxygen atoms in total. The number of piperidine rings is 1. The molecule has 47 heavy (non-hydrogen) atoms. The lowest BCUT2D eigenvalue weighted by Gasteiger charge is -2.24. The van der Waals surface area contributed by atoms with Gasteiger partial charge in [0.05, 0.1) is 40.2 Å². The van der Waals surface area contributed by atoms with Gasteiger partial charge in [0.25, 0.3) is 18.2 Å². The molecule has 18 heteroatoms. The van der Waals surface area contributed by atoms with Crippen LogP contribution in [-0.4, -0.2) is 84.9 Å². The fourth-order valence-corrected chi connectivity index (χ4v) is 6.65. The highest BCUT2D eigenvalue weighted by molar-refractivity contribution is 6.34. The van der Waals surface area contributed by atoms with Gasteiger partial charge >= 0.3 is 12.2 Å². The first-order chi connectivity index (χ1) is 22.2. The summed E-state index contributed by atoms with van der Waals surface area (Å²) in [6.45, 7) is -0.0875. The van der Waals surface area contributed by atoms with Crippen LogP contribution in [0, 0.1) is 11.8 Å². The Kier molecular flexibility index (Phi) is 8.63. The minimum atomic E-state index is -4.95. The normalized spacial score (nSPS) is 23.6. The van der Waals surface area contributed by atoms with Crippen LogP contribution in [0.3, 0.4) is 0 Å². The van der Waals surface area contributed by atoms with Crippen molar-refractivity contribution in [2.24, 2.45) is 18.9 Å². The largest absolute Gasteiger partial charge is 0.435 e. The number of imidazole rings is 1. The average molecular weight is 685 g/mol. The highest BCUT2D eigenvalue weighted by Gasteiger charge is 2.57. The molecular formula is C29H30ClF5N8O4. The van der Waals surface area contributed by atoms with Crippen LogP contribution in [0.15, 0.2) is 30.6 Å². The number of alkyl halides is 5. The zero-order valence-corrected chi connectivity index (χ0v) is 25.5. The van der Waals surface area contributed by atoms with Gasteiger partial charge in [0, 0.05) is 49.9 Å². The molecule has 1 aromatic carbocycles. The molecule has 4 amide bonds. The molecule has 2 saturated carbocycles. The average Bonchev–Trinajstić information content (AvgIpc) is 3.54. The molecule has 0 bridgehead atoms. The van der Waals surface area contributed by atoms with Gasteiger partial charge in [0.15, 0.2) is 11.5 Å². The summed E-state index contributed by atoms with van der Waals surface area (Å²) in [5.41, 5.74) is -1.76. The number of carbonyl (C=O) groups is 3. The van der Waals surface area contributed by atoms with Crippen LogP contribution < -0.4 is 16.0 Å². The molecular weight excluding hydrogens is 655 g/mol. The second-order valence-electron chi connectivity index (χ2n) is 12.0. The lowest BCUT2D eigenvalue weighted by Crippen LogP contribution is -2.48. The number of urea groups is 1. The van der Waals surface area contributed by atoms with Crippen molar-refractivity contribution in [3.63, 3.8) is 0 Å². The molecule has 1 aliphatic heterocycles. The van der Waals surface area contributed by atoms with E-state index in [-0.39, 0.29) is 57.7 Å². The fourth-order valence-electron chi connectivity index (χ4n) is 6.38. The minimum absolute atomic E-state index is 0.0315. The van der Waals surface area contributed by atoms with Crippen molar-refractivity contribution in [2.45, 2.75) is 56.6 Å². The third-order valence-corrected chi connectivity index (χ3v) is 9.17. The number of likely N-dealkylation sites (tertiary alicyclic amines) is 1. The van der Waals surface area contributed by atoms with Crippen LogP contribution in [0.4, 0.5) is 32.4 Å². The summed E-state index contributed by atoms with van der Waals surface area (Å²) in [6, 6.07) is 3.59. The summed E-state index contributed by atoms with van der Waals surface area (Å²) in [4.78, 5) is 44.2. The van der Waals surface area contributed by atoms with Gasteiger partial charge < -0.3 is 30.5 Å². The second-order valence-corrected chi connectivity index (χ2v) is 12.4. The first-order valence-electron chi connectivity index (χ1n) is 14.8. The maximum Gasteiger partial charge on any atom is 0.435 e. The van der Waals surface area contributed by atoms with E-state index in [1.807, 2.05) is 0 Å². The van der Waals surface area contributed by atoms with Crippen molar-refractivity contribution < 1.29 is 41.4 Å². The van der Waals surface area contributed by atoms with Gasteiger partial charge in [-0.2, -0.15) is 18.3 Å². The number of benzene rings is 1. The Morgan fingerprint density at radius 2 is 1.83 bits per heavy atom. The number of hydrogen-bond donors (Lipinski definition) is 4. The smallest absolute Gasteiger partial charge is 0.391 e. The van der Waals surface area contributed by atoms with E-state index in [4.69, 9.17) is 11.6 Å². The molecule has 3 aliphatic rings. The Morgan fingerprint density at radius 3 is 2.45 bits per heavy atom. The molecule has 5 atom stereocenters. The van der Waals surface area contributed by atoms with Crippen LogP contribution in [0.1, 0.15) is 45.9 Å². The molecule has 2 aromatic heterocycles. The van der Waals surface area contributed by atoms with Crippen molar-refractivity contribution in [3.05, 3.63) is 52.7 Å². The molecule has 1 unspecified atom stereocenters. The minimum Gasteiger partial charge on any atom is -0.391 e. The van der Waals surface area contributed by atoms with Gasteiger partial charge in [-0.05, 0) is 37.5 Å². The van der Waals surface area contributed by atoms with Crippen LogP contribution in [0.5, 0.6) is 0 Å². The summed E-state index contributed by atoms with van der Waals surface area (Å²) in [5, 5.41) is 21.6. The van der Waals surface area contributed by atoms with Gasteiger partial charge in [-0.25, -0.2) is 18.6 Å². The lowest BCUT2D eigenvalue weighted by molar-refractivity contribution is -0.141. The molecule has 3 fully saturated rings. The van der Waals surface area contributed by atoms with E-state index in [0.717, 1.165) is 29.8 Å². The Morgan fingerprint density at radius 1 is 1.11 bits per heavy atom. The van der Waals surface area contributed by atoms with Gasteiger partial charge in [0.1, 0.15) is 6.54 Å². The number of nitrogens with zero attached hydrogens (tertiary/aromatic N) is 5. The number of aliphatic hydroxyl groups is 1. The molecule has 1 saturated heterocycles. The standard InChI is InChI=1S/C29H30ClF5N8O4/c1-41-20(17-11-43(12-22(31)32)40-24(17)29(33,34)35)8-36-25(41)27(46)37-13-5-6-14(18(30)7-13)26(45)39-23-15-9-42(10-16(15)23)28(47)38-19-3-2-4-21(19)44/h5-8,11,15-16,19,21-23,44H,2-4,9-10,12H2,1H3,(H,37,46)(H,38,47)(H,39,45)/t15-,16+,19-,21-,23?/m1/s1. The lowest BCUT2D eigenvalue weighted by atomic mass is 10.2. The highest BCUT2D eigenvalue weighted by Crippen LogP contribution is 2.46. The molecule has 6 rings (SSSR count). The van der Waals surface area contributed by atoms with E-state index < -0.39 is 48.3 Å². The summed E-state index contributed by atoms with van der Waals surface area (Å²) >= 11 is 6.37. The maximum atomic E-state index is 13.6. The number of aliphatic hydroxyl groups excluding tert-OH is 1. The SMILES string of the molecule is Cn1c(-c2cn(CC(F)F)nc2C(F)(F)F)cnc1C(=O)Nc1ccc(C(=O)NC2[C@H]3CN(C(=O)N[C@@H]4CCC[C@H]4O)C[C@@H]23)c(Cl)c1. The monoisotopic (exact) mass is 684 g/mol. The topological polar surface area (TPSA) is 146 Å². The predicted molar refractivity (Wildman–Crippen MR) is 157 cm³/mol. The number of anilines is 1. The van der Waals surface area contributed by atoms with E-state index in [9.17, 15) is 41.4 Å². The van der Waals surface area contributed by atoms with Crippen LogP contribution in [-0.2, 0) is 19.8 Å². The second kappa shape index (κ2) is 12.4. The van der Waals surface area contributed by atoms with E-state index in [1.165, 1.54) is 25.2 Å². The van der Waals surface area contributed by atoms with Crippen molar-refractivity contribution >= 4 is 35.1 Å². The van der Waals surface area contributed by atoms with E-state index in [2.05, 4.69) is 26.0 Å². The number of aromatic nitrogens is 4. The first-order valence-corrected chi connectivity index (χ1v) is 15.2. The summed E-state index contributed by atoms with van der Waals surface area (Å²) < 4.78 is 68.0. The van der Waals surface area contributed by atoms with Crippen LogP contribution in [0.2, 0.25) is 5.02 Å². The van der Waals surface area contributed by atoms with Gasteiger partial charge in [0.2, 0.25) is 0 Å². The fraction of sp³-hybridized carbons (Fsp3) is 0.483. The van der Waals surface area contributed by atoms with Crippen LogP contribution >= 0.6 is 11.6 Å². The predicted octanol–water partition coefficient (Wildman–Crippen LogP) is 3.76. The molecule has 2 aliphatic carbocycles. The van der Waals surface area contributed by atoms with Crippen molar-refractivity contribution in [2.75, 3.05) is 18.4 Å². The van der Waals surface area contributed by atoms with E-state index in [0.29, 0.717) is 24.2 Å². The van der Waals surface area contributed by atoms with Crippen LogP contribution in [0.25, 0.3) is 11.3 Å². The molecule has 0 radical (unpaired) electrons. The Hall–Kier alpha value is -4.25. The number of amides is 4. The number of nitrogens with one attached hydrogen (secondary N) is 3.